The number of nitrogens with one attached hydrogen (secondary N) is 2. The average molecular weight is 452 g/mol. The van der Waals surface area contributed by atoms with Gasteiger partial charge in [-0.15, -0.1) is 0 Å². The SMILES string of the molecule is CCCCNC(=O)C(c1ccc(CC)cc1)N(C)C(=O)C(CS)NC(=O)OC(C)(C)C. The fourth-order valence-electron chi connectivity index (χ4n) is 2.98. The van der Waals surface area contributed by atoms with Crippen LogP contribution in [-0.2, 0) is 20.7 Å². The Hall–Kier alpha value is -2.22. The van der Waals surface area contributed by atoms with Crippen LogP contribution < -0.4 is 10.6 Å². The molecule has 174 valence electrons. The number of aryl methyl sites for hydroxylation is 1. The number of hydrogen-bond acceptors (Lipinski definition) is 5. The Balaban J connectivity index is 3.09. The number of likely N-dealkylation sites (N-methyl/N-ethyl adjacent to an activating group) is 1. The summed E-state index contributed by atoms with van der Waals surface area (Å²) in [5.41, 5.74) is 1.16. The number of nitrogens with zero attached hydrogens (tertiary/aromatic N) is 1. The summed E-state index contributed by atoms with van der Waals surface area (Å²) in [5.74, 6) is -0.610. The molecule has 0 saturated heterocycles. The van der Waals surface area contributed by atoms with Crippen LogP contribution in [0, 0.1) is 0 Å². The molecule has 2 atom stereocenters. The zero-order valence-electron chi connectivity index (χ0n) is 19.5. The zero-order valence-corrected chi connectivity index (χ0v) is 20.4. The largest absolute Gasteiger partial charge is 0.444 e. The maximum atomic E-state index is 13.2. The third-order valence-electron chi connectivity index (χ3n) is 4.69. The van der Waals surface area contributed by atoms with E-state index in [4.69, 9.17) is 4.74 Å². The van der Waals surface area contributed by atoms with E-state index in [0.29, 0.717) is 12.1 Å². The molecule has 0 aliphatic rings. The molecule has 7 nitrogen and oxygen atoms in total. The normalized spacial score (nSPS) is 13.1. The van der Waals surface area contributed by atoms with Gasteiger partial charge in [-0.25, -0.2) is 4.79 Å². The summed E-state index contributed by atoms with van der Waals surface area (Å²) >= 11 is 4.22. The van der Waals surface area contributed by atoms with E-state index >= 15 is 0 Å². The number of rotatable bonds is 10. The van der Waals surface area contributed by atoms with E-state index in [0.717, 1.165) is 24.8 Å². The Kier molecular flexibility index (Phi) is 10.9. The van der Waals surface area contributed by atoms with Crippen molar-refractivity contribution in [2.24, 2.45) is 0 Å². The van der Waals surface area contributed by atoms with Crippen LogP contribution >= 0.6 is 12.6 Å². The summed E-state index contributed by atoms with van der Waals surface area (Å²) in [5, 5.41) is 5.47. The smallest absolute Gasteiger partial charge is 0.408 e. The predicted molar refractivity (Wildman–Crippen MR) is 126 cm³/mol. The number of ether oxygens (including phenoxy) is 1. The lowest BCUT2D eigenvalue weighted by atomic mass is 10.0. The van der Waals surface area contributed by atoms with Gasteiger partial charge in [0.05, 0.1) is 0 Å². The first-order valence-electron chi connectivity index (χ1n) is 10.8. The van der Waals surface area contributed by atoms with Gasteiger partial charge in [0.1, 0.15) is 17.7 Å². The first-order chi connectivity index (χ1) is 14.5. The third-order valence-corrected chi connectivity index (χ3v) is 5.05. The predicted octanol–water partition coefficient (Wildman–Crippen LogP) is 3.49. The van der Waals surface area contributed by atoms with Crippen molar-refractivity contribution >= 4 is 30.5 Å². The van der Waals surface area contributed by atoms with Gasteiger partial charge in [-0.1, -0.05) is 44.5 Å². The molecule has 0 radical (unpaired) electrons. The molecular weight excluding hydrogens is 414 g/mol. The summed E-state index contributed by atoms with van der Waals surface area (Å²) < 4.78 is 5.25. The standard InChI is InChI=1S/C23H37N3O4S/c1-7-9-14-24-20(27)19(17-12-10-16(8-2)11-13-17)26(6)21(28)18(15-31)25-22(29)30-23(3,4)5/h10-13,18-19,31H,7-9,14-15H2,1-6H3,(H,24,27)(H,25,29). The van der Waals surface area contributed by atoms with Crippen LogP contribution in [0.1, 0.15) is 64.6 Å². The van der Waals surface area contributed by atoms with Crippen molar-refractivity contribution in [1.82, 2.24) is 15.5 Å². The number of unbranched alkanes of at least 4 members (excludes halogenated alkanes) is 1. The van der Waals surface area contributed by atoms with E-state index in [9.17, 15) is 14.4 Å². The van der Waals surface area contributed by atoms with Crippen LogP contribution in [0.3, 0.4) is 0 Å². The zero-order chi connectivity index (χ0) is 23.6. The lowest BCUT2D eigenvalue weighted by Crippen LogP contribution is -2.52. The van der Waals surface area contributed by atoms with Crippen LogP contribution in [0.5, 0.6) is 0 Å². The van der Waals surface area contributed by atoms with Crippen molar-refractivity contribution in [3.8, 4) is 0 Å². The Labute approximate surface area is 191 Å². The molecule has 0 aliphatic carbocycles. The van der Waals surface area contributed by atoms with Crippen LogP contribution in [0.25, 0.3) is 0 Å². The van der Waals surface area contributed by atoms with Crippen molar-refractivity contribution in [1.29, 1.82) is 0 Å². The summed E-state index contributed by atoms with van der Waals surface area (Å²) in [6.45, 7) is 9.86. The minimum Gasteiger partial charge on any atom is -0.444 e. The number of carbonyl (C=O) groups is 3. The summed E-state index contributed by atoms with van der Waals surface area (Å²) in [7, 11) is 1.56. The van der Waals surface area contributed by atoms with Gasteiger partial charge in [0.25, 0.3) is 0 Å². The molecule has 0 fully saturated rings. The lowest BCUT2D eigenvalue weighted by molar-refractivity contribution is -0.140. The number of carbonyl (C=O) groups excluding carboxylic acids is 3. The van der Waals surface area contributed by atoms with Crippen LogP contribution in [-0.4, -0.2) is 53.8 Å². The van der Waals surface area contributed by atoms with Crippen molar-refractivity contribution in [3.05, 3.63) is 35.4 Å². The van der Waals surface area contributed by atoms with Crippen LogP contribution in [0.4, 0.5) is 4.79 Å². The number of benzene rings is 1. The molecule has 1 aromatic carbocycles. The highest BCUT2D eigenvalue weighted by atomic mass is 32.1. The molecule has 2 N–H and O–H groups in total. The molecule has 0 heterocycles. The molecule has 0 aliphatic heterocycles. The molecule has 2 unspecified atom stereocenters. The number of amides is 3. The number of alkyl carbamates (subject to hydrolysis) is 1. The van der Waals surface area contributed by atoms with Crippen molar-refractivity contribution in [2.75, 3.05) is 19.3 Å². The lowest BCUT2D eigenvalue weighted by Gasteiger charge is -2.31. The van der Waals surface area contributed by atoms with Gasteiger partial charge >= 0.3 is 6.09 Å². The number of hydrogen-bond donors (Lipinski definition) is 3. The minimum atomic E-state index is -0.927. The molecule has 1 rings (SSSR count). The first-order valence-corrected chi connectivity index (χ1v) is 11.4. The van der Waals surface area contributed by atoms with Gasteiger partial charge in [0.15, 0.2) is 0 Å². The molecule has 0 aromatic heterocycles. The molecule has 3 amide bonds. The van der Waals surface area contributed by atoms with E-state index in [1.54, 1.807) is 27.8 Å². The fraction of sp³-hybridized carbons (Fsp3) is 0.609. The Morgan fingerprint density at radius 3 is 2.23 bits per heavy atom. The topological polar surface area (TPSA) is 87.7 Å². The molecule has 0 bridgehead atoms. The second-order valence-corrected chi connectivity index (χ2v) is 8.84. The molecule has 0 saturated carbocycles. The first kappa shape index (κ1) is 26.8. The van der Waals surface area contributed by atoms with E-state index in [1.165, 1.54) is 4.90 Å². The van der Waals surface area contributed by atoms with E-state index in [-0.39, 0.29) is 11.7 Å². The molecular formula is C23H37N3O4S. The van der Waals surface area contributed by atoms with Crippen LogP contribution in [0.2, 0.25) is 0 Å². The van der Waals surface area contributed by atoms with Gasteiger partial charge in [-0.3, -0.25) is 9.59 Å². The average Bonchev–Trinajstić information content (AvgIpc) is 2.71. The van der Waals surface area contributed by atoms with E-state index in [2.05, 4.69) is 30.2 Å². The summed E-state index contributed by atoms with van der Waals surface area (Å²) in [6, 6.07) is 5.89. The second-order valence-electron chi connectivity index (χ2n) is 8.47. The highest BCUT2D eigenvalue weighted by Crippen LogP contribution is 2.22. The highest BCUT2D eigenvalue weighted by molar-refractivity contribution is 7.80. The van der Waals surface area contributed by atoms with Gasteiger partial charge in [0.2, 0.25) is 11.8 Å². The van der Waals surface area contributed by atoms with Crippen molar-refractivity contribution in [3.63, 3.8) is 0 Å². The van der Waals surface area contributed by atoms with E-state index < -0.39 is 29.7 Å². The molecule has 0 spiro atoms. The van der Waals surface area contributed by atoms with Gasteiger partial charge in [-0.05, 0) is 44.7 Å². The third kappa shape index (κ3) is 8.81. The highest BCUT2D eigenvalue weighted by Gasteiger charge is 2.33. The molecule has 31 heavy (non-hydrogen) atoms. The molecule has 1 aromatic rings. The molecule has 8 heteroatoms. The maximum Gasteiger partial charge on any atom is 0.408 e. The van der Waals surface area contributed by atoms with Gasteiger partial charge in [-0.2, -0.15) is 12.6 Å². The Bertz CT molecular complexity index is 731. The fourth-order valence-corrected chi connectivity index (χ4v) is 3.23. The van der Waals surface area contributed by atoms with Gasteiger partial charge < -0.3 is 20.3 Å². The monoisotopic (exact) mass is 451 g/mol. The summed E-state index contributed by atoms with van der Waals surface area (Å²) in [6.07, 6.45) is 1.98. The minimum absolute atomic E-state index is 0.0708. The van der Waals surface area contributed by atoms with Crippen molar-refractivity contribution < 1.29 is 19.1 Å². The second kappa shape index (κ2) is 12.6. The Morgan fingerprint density at radius 2 is 1.74 bits per heavy atom. The quantitative estimate of drug-likeness (QED) is 0.375. The Morgan fingerprint density at radius 1 is 1.13 bits per heavy atom. The van der Waals surface area contributed by atoms with E-state index in [1.807, 2.05) is 31.2 Å². The maximum absolute atomic E-state index is 13.2. The summed E-state index contributed by atoms with van der Waals surface area (Å²) in [4.78, 5) is 39.7. The van der Waals surface area contributed by atoms with Gasteiger partial charge in [0, 0.05) is 19.3 Å². The van der Waals surface area contributed by atoms with Crippen LogP contribution in [0.15, 0.2) is 24.3 Å². The van der Waals surface area contributed by atoms with Crippen molar-refractivity contribution in [2.45, 2.75) is 71.6 Å². The number of thiol groups is 1.